The molecule has 0 bridgehead atoms. The molecule has 5 N–H and O–H groups in total. The fourth-order valence-corrected chi connectivity index (χ4v) is 0. The van der Waals surface area contributed by atoms with Gasteiger partial charge in [0.1, 0.15) is 0 Å². The smallest absolute Gasteiger partial charge is 0.316 e. The third-order valence-electron chi connectivity index (χ3n) is 0. The van der Waals surface area contributed by atoms with E-state index in [2.05, 4.69) is 0 Å². The van der Waals surface area contributed by atoms with E-state index in [1.54, 1.807) is 0 Å². The van der Waals surface area contributed by atoms with Gasteiger partial charge >= 0.3 is 23.1 Å². The molecule has 0 radical (unpaired) electrons. The van der Waals surface area contributed by atoms with Crippen molar-refractivity contribution in [3.05, 3.63) is 0 Å². The summed E-state index contributed by atoms with van der Waals surface area (Å²) in [6.07, 6.45) is 0. The van der Waals surface area contributed by atoms with Crippen molar-refractivity contribution in [3.63, 3.8) is 0 Å². The van der Waals surface area contributed by atoms with Crippen LogP contribution in [0.5, 0.6) is 0 Å². The van der Waals surface area contributed by atoms with Crippen LogP contribution in [0.3, 0.4) is 0 Å². The molecule has 0 aromatic heterocycles. The van der Waals surface area contributed by atoms with Gasteiger partial charge in [0.25, 0.3) is 0 Å². The van der Waals surface area contributed by atoms with Crippen molar-refractivity contribution in [3.8, 4) is 0 Å². The Balaban J connectivity index is 0. The number of hydrogen-bond donors (Lipinski definition) is 1. The van der Waals surface area contributed by atoms with Crippen LogP contribution in [0.2, 0.25) is 0 Å². The number of hydrogen-bond acceptors (Lipinski definition) is 1. The van der Waals surface area contributed by atoms with Crippen LogP contribution in [0.15, 0.2) is 0 Å². The summed E-state index contributed by atoms with van der Waals surface area (Å²) in [6.45, 7) is 0. The summed E-state index contributed by atoms with van der Waals surface area (Å²) in [5.41, 5.74) is 0. The Morgan fingerprint density at radius 1 is 1.00 bits per heavy atom. The van der Waals surface area contributed by atoms with Gasteiger partial charge in [0.05, 0.1) is 0 Å². The molecular weight excluding hydrogens is 134 g/mol. The summed E-state index contributed by atoms with van der Waals surface area (Å²) >= 11 is 0. The topological polar surface area (TPSA) is 66.5 Å². The summed E-state index contributed by atoms with van der Waals surface area (Å²) in [4.78, 5) is 0. The second kappa shape index (κ2) is 30.7. The summed E-state index contributed by atoms with van der Waals surface area (Å²) < 4.78 is 0. The molecule has 0 unspecified atom stereocenters. The molecule has 28 valence electrons. The van der Waals surface area contributed by atoms with Crippen LogP contribution in [0.4, 0.5) is 0 Å². The molecule has 0 rings (SSSR count). The van der Waals surface area contributed by atoms with E-state index in [0.29, 0.717) is 0 Å². The maximum absolute atomic E-state index is 0. The van der Waals surface area contributed by atoms with Gasteiger partial charge in [-0.1, -0.05) is 0 Å². The highest BCUT2D eigenvalue weighted by molar-refractivity contribution is 8.93. The van der Waals surface area contributed by atoms with E-state index in [0.717, 1.165) is 0 Å². The molecule has 0 aliphatic carbocycles. The summed E-state index contributed by atoms with van der Waals surface area (Å²) in [5, 5.41) is 0. The van der Waals surface area contributed by atoms with Crippen molar-refractivity contribution < 1.29 is 5.48 Å². The normalized spacial score (nSPS) is 0. The summed E-state index contributed by atoms with van der Waals surface area (Å²) in [7, 11) is 0. The molecule has 4 heteroatoms. The Bertz CT molecular complexity index is 8.00. The molecule has 0 heterocycles. The Hall–Kier alpha value is 1.17. The van der Waals surface area contributed by atoms with Crippen molar-refractivity contribution >= 4 is 40.0 Å². The molecule has 4 heavy (non-hydrogen) atoms. The molecule has 0 fully saturated rings. The second-order valence-corrected chi connectivity index (χ2v) is 0. The number of halogens is 1. The Labute approximate surface area is 51.8 Å². The van der Waals surface area contributed by atoms with Crippen molar-refractivity contribution in [2.45, 2.75) is 0 Å². The minimum Gasteiger partial charge on any atom is -0.412 e. The van der Waals surface area contributed by atoms with E-state index >= 15 is 0 Å². The SMILES string of the molecule is Br.N.O.[MgH2]. The fraction of sp³-hybridized carbons (Fsp3) is 0. The minimum atomic E-state index is 0. The molecule has 0 spiro atoms. The molecule has 0 saturated heterocycles. The van der Waals surface area contributed by atoms with E-state index in [1.807, 2.05) is 0 Å². The summed E-state index contributed by atoms with van der Waals surface area (Å²) in [5.74, 6) is 0. The van der Waals surface area contributed by atoms with Gasteiger partial charge in [0, 0.05) is 0 Å². The molecule has 0 aliphatic rings. The van der Waals surface area contributed by atoms with E-state index in [9.17, 15) is 0 Å². The molecule has 0 aliphatic heterocycles. The largest absolute Gasteiger partial charge is 0.412 e. The van der Waals surface area contributed by atoms with Gasteiger partial charge in [0.15, 0.2) is 0 Å². The van der Waals surface area contributed by atoms with Crippen molar-refractivity contribution in [2.75, 3.05) is 0 Å². The molecule has 0 aromatic carbocycles. The van der Waals surface area contributed by atoms with Gasteiger partial charge in [-0.25, -0.2) is 0 Å². The van der Waals surface area contributed by atoms with Crippen LogP contribution in [0.1, 0.15) is 0 Å². The van der Waals surface area contributed by atoms with Gasteiger partial charge in [-0.05, 0) is 0 Å². The lowest BCUT2D eigenvalue weighted by molar-refractivity contribution is 0.824. The maximum atomic E-state index is 0. The molecule has 0 saturated carbocycles. The zero-order valence-corrected chi connectivity index (χ0v) is 3.33. The first kappa shape index (κ1) is 65.9. The van der Waals surface area contributed by atoms with Crippen LogP contribution in [0, 0.1) is 0 Å². The van der Waals surface area contributed by atoms with E-state index in [1.165, 1.54) is 0 Å². The van der Waals surface area contributed by atoms with Gasteiger partial charge in [-0.3, -0.25) is 0 Å². The minimum absolute atomic E-state index is 0. The Morgan fingerprint density at radius 2 is 1.00 bits per heavy atom. The average Bonchev–Trinajstić information content (AvgIpc) is 0. The van der Waals surface area contributed by atoms with Crippen LogP contribution in [-0.2, 0) is 0 Å². The van der Waals surface area contributed by atoms with Crippen LogP contribution < -0.4 is 6.15 Å². The van der Waals surface area contributed by atoms with Gasteiger partial charge in [-0.15, -0.1) is 17.0 Å². The lowest BCUT2D eigenvalue weighted by Gasteiger charge is -0.412. The number of rotatable bonds is 0. The third kappa shape index (κ3) is 10.9. The monoisotopic (exact) mass is 141 g/mol. The molecule has 0 amide bonds. The zero-order chi connectivity index (χ0) is 0. The Morgan fingerprint density at radius 3 is 1.00 bits per heavy atom. The molecule has 2 nitrogen and oxygen atoms in total. The first-order chi connectivity index (χ1) is 0. The predicted octanol–water partition coefficient (Wildman–Crippen LogP) is -1.00. The first-order valence-corrected chi connectivity index (χ1v) is 0. The maximum Gasteiger partial charge on any atom is 0.316 e. The van der Waals surface area contributed by atoms with Crippen LogP contribution in [-0.4, -0.2) is 28.5 Å². The average molecular weight is 142 g/mol. The highest BCUT2D eigenvalue weighted by Crippen LogP contribution is 0.846. The quantitative estimate of drug-likeness (QED) is 0.433. The van der Waals surface area contributed by atoms with Crippen molar-refractivity contribution in [1.29, 1.82) is 0 Å². The zero-order valence-electron chi connectivity index (χ0n) is 1.62. The highest BCUT2D eigenvalue weighted by Gasteiger charge is 0.316. The molecular formula is H8BrMgNO. The highest BCUT2D eigenvalue weighted by atomic mass is 79.9. The van der Waals surface area contributed by atoms with Crippen molar-refractivity contribution in [2.24, 2.45) is 0 Å². The van der Waals surface area contributed by atoms with E-state index in [-0.39, 0.29) is 51.7 Å². The third-order valence-corrected chi connectivity index (χ3v) is 0. The van der Waals surface area contributed by atoms with Gasteiger partial charge in [-0.2, -0.15) is 0 Å². The standard InChI is InChI=1S/BrH.Mg.H3N.H2O.2H/h1H;;1H3;1H2;;. The van der Waals surface area contributed by atoms with E-state index in [4.69, 9.17) is 0 Å². The lowest BCUT2D eigenvalue weighted by atomic mass is 14.0. The van der Waals surface area contributed by atoms with Gasteiger partial charge in [0.2, 0.25) is 0 Å². The lowest BCUT2D eigenvalue weighted by Crippen LogP contribution is -0.481. The van der Waals surface area contributed by atoms with Crippen LogP contribution >= 0.6 is 17.0 Å². The van der Waals surface area contributed by atoms with Crippen molar-refractivity contribution in [1.82, 2.24) is 6.15 Å². The second-order valence-electron chi connectivity index (χ2n) is 0. The summed E-state index contributed by atoms with van der Waals surface area (Å²) in [6, 6.07) is 0. The van der Waals surface area contributed by atoms with Crippen LogP contribution in [0.25, 0.3) is 0 Å². The predicted molar refractivity (Wildman–Crippen MR) is 27.5 cm³/mol. The van der Waals surface area contributed by atoms with Gasteiger partial charge < -0.3 is 11.6 Å². The fourth-order valence-electron chi connectivity index (χ4n) is 0. The first-order valence-electron chi connectivity index (χ1n) is 0. The molecule has 0 atom stereocenters. The Kier molecular flexibility index (Phi) is 506. The molecule has 0 aromatic rings. The van der Waals surface area contributed by atoms with E-state index < -0.39 is 0 Å².